The number of phenols is 1. The number of carbonyl (C=O) groups excluding carboxylic acids is 2. The Balaban J connectivity index is 1.81. The zero-order valence-electron chi connectivity index (χ0n) is 12.9. The van der Waals surface area contributed by atoms with Gasteiger partial charge in [0.25, 0.3) is 0 Å². The van der Waals surface area contributed by atoms with E-state index in [-0.39, 0.29) is 5.75 Å². The summed E-state index contributed by atoms with van der Waals surface area (Å²) in [5, 5.41) is 12.8. The van der Waals surface area contributed by atoms with Gasteiger partial charge in [0, 0.05) is 24.3 Å². The van der Waals surface area contributed by atoms with Crippen LogP contribution in [-0.2, 0) is 9.59 Å². The first-order valence-electron chi connectivity index (χ1n) is 7.28. The smallest absolute Gasteiger partial charge is 0.316 e. The fraction of sp³-hybridized carbons (Fsp3) is 0.0556. The van der Waals surface area contributed by atoms with Crippen molar-refractivity contribution in [2.75, 3.05) is 17.3 Å². The fourth-order valence-corrected chi connectivity index (χ4v) is 2.33. The molecule has 0 aliphatic rings. The van der Waals surface area contributed by atoms with Gasteiger partial charge in [-0.25, -0.2) is 0 Å². The highest BCUT2D eigenvalue weighted by Gasteiger charge is 2.21. The molecule has 6 nitrogen and oxygen atoms in total. The van der Waals surface area contributed by atoms with E-state index in [0.717, 1.165) is 5.39 Å². The summed E-state index contributed by atoms with van der Waals surface area (Å²) in [7, 11) is 1.50. The summed E-state index contributed by atoms with van der Waals surface area (Å²) in [5.41, 5.74) is 1.60. The Kier molecular flexibility index (Phi) is 4.11. The van der Waals surface area contributed by atoms with Gasteiger partial charge in [0.1, 0.15) is 5.75 Å². The lowest BCUT2D eigenvalue weighted by atomic mass is 10.2. The third kappa shape index (κ3) is 3.03. The number of nitrogens with zero attached hydrogens (tertiary/aromatic N) is 2. The summed E-state index contributed by atoms with van der Waals surface area (Å²) < 4.78 is 0. The Bertz CT molecular complexity index is 902. The Hall–Kier alpha value is -3.41. The largest absolute Gasteiger partial charge is 0.508 e. The molecule has 3 aromatic rings. The van der Waals surface area contributed by atoms with Crippen LogP contribution in [0.25, 0.3) is 10.9 Å². The van der Waals surface area contributed by atoms with Gasteiger partial charge in [0.05, 0.1) is 11.2 Å². The molecule has 0 radical (unpaired) electrons. The van der Waals surface area contributed by atoms with Crippen molar-refractivity contribution in [1.82, 2.24) is 4.98 Å². The molecule has 2 N–H and O–H groups in total. The third-order valence-electron chi connectivity index (χ3n) is 3.62. The van der Waals surface area contributed by atoms with Crippen LogP contribution < -0.4 is 10.2 Å². The molecule has 1 aromatic heterocycles. The maximum Gasteiger partial charge on any atom is 0.316 e. The summed E-state index contributed by atoms with van der Waals surface area (Å²) in [4.78, 5) is 30.0. The van der Waals surface area contributed by atoms with Crippen LogP contribution in [0.3, 0.4) is 0 Å². The van der Waals surface area contributed by atoms with Crippen molar-refractivity contribution in [3.8, 4) is 5.75 Å². The number of fused-ring (bicyclic) bond motifs is 1. The van der Waals surface area contributed by atoms with Gasteiger partial charge in [0.2, 0.25) is 0 Å². The first-order chi connectivity index (χ1) is 11.6. The van der Waals surface area contributed by atoms with E-state index < -0.39 is 11.8 Å². The Morgan fingerprint density at radius 3 is 2.50 bits per heavy atom. The molecule has 0 saturated carbocycles. The number of benzene rings is 2. The van der Waals surface area contributed by atoms with E-state index in [1.807, 2.05) is 12.1 Å². The molecule has 3 rings (SSSR count). The molecular formula is C18H15N3O3. The number of amides is 2. The van der Waals surface area contributed by atoms with Gasteiger partial charge < -0.3 is 15.3 Å². The molecule has 0 spiro atoms. The van der Waals surface area contributed by atoms with Gasteiger partial charge >= 0.3 is 11.8 Å². The van der Waals surface area contributed by atoms with Crippen molar-refractivity contribution in [3.05, 3.63) is 60.8 Å². The highest BCUT2D eigenvalue weighted by Crippen LogP contribution is 2.21. The topological polar surface area (TPSA) is 82.5 Å². The second-order valence-corrected chi connectivity index (χ2v) is 5.22. The van der Waals surface area contributed by atoms with Crippen molar-refractivity contribution in [2.45, 2.75) is 0 Å². The molecule has 0 saturated heterocycles. The van der Waals surface area contributed by atoms with Crippen molar-refractivity contribution in [1.29, 1.82) is 0 Å². The number of aromatic hydroxyl groups is 1. The number of aromatic nitrogens is 1. The zero-order valence-corrected chi connectivity index (χ0v) is 12.9. The minimum atomic E-state index is -0.760. The summed E-state index contributed by atoms with van der Waals surface area (Å²) in [5.74, 6) is -1.39. The molecule has 0 aliphatic carbocycles. The molecule has 6 heteroatoms. The quantitative estimate of drug-likeness (QED) is 0.711. The number of pyridine rings is 1. The molecule has 120 valence electrons. The van der Waals surface area contributed by atoms with E-state index in [2.05, 4.69) is 10.3 Å². The minimum Gasteiger partial charge on any atom is -0.508 e. The lowest BCUT2D eigenvalue weighted by molar-refractivity contribution is -0.134. The van der Waals surface area contributed by atoms with Crippen molar-refractivity contribution in [2.24, 2.45) is 0 Å². The van der Waals surface area contributed by atoms with Gasteiger partial charge in [-0.1, -0.05) is 18.2 Å². The molecule has 0 unspecified atom stereocenters. The molecule has 0 aliphatic heterocycles. The van der Waals surface area contributed by atoms with Crippen LogP contribution >= 0.6 is 0 Å². The van der Waals surface area contributed by atoms with E-state index >= 15 is 0 Å². The molecular weight excluding hydrogens is 306 g/mol. The summed E-state index contributed by atoms with van der Waals surface area (Å²) in [6.07, 6.45) is 1.63. The minimum absolute atomic E-state index is 0.0888. The number of rotatable bonds is 2. The first kappa shape index (κ1) is 15.5. The van der Waals surface area contributed by atoms with Gasteiger partial charge in [-0.05, 0) is 36.4 Å². The maximum atomic E-state index is 12.3. The van der Waals surface area contributed by atoms with Gasteiger partial charge in [-0.2, -0.15) is 0 Å². The van der Waals surface area contributed by atoms with Gasteiger partial charge in [-0.3, -0.25) is 14.6 Å². The van der Waals surface area contributed by atoms with E-state index in [1.54, 1.807) is 36.5 Å². The molecule has 0 atom stereocenters. The third-order valence-corrected chi connectivity index (χ3v) is 3.62. The van der Waals surface area contributed by atoms with Gasteiger partial charge in [-0.15, -0.1) is 0 Å². The number of nitrogens with one attached hydrogen (secondary N) is 1. The van der Waals surface area contributed by atoms with Crippen LogP contribution in [0, 0.1) is 0 Å². The number of phenolic OH excluding ortho intramolecular Hbond substituents is 1. The maximum absolute atomic E-state index is 12.3. The Morgan fingerprint density at radius 1 is 1.04 bits per heavy atom. The monoisotopic (exact) mass is 321 g/mol. The first-order valence-corrected chi connectivity index (χ1v) is 7.28. The predicted molar refractivity (Wildman–Crippen MR) is 91.9 cm³/mol. The van der Waals surface area contributed by atoms with Crippen molar-refractivity contribution < 1.29 is 14.7 Å². The molecule has 1 heterocycles. The fourth-order valence-electron chi connectivity index (χ4n) is 2.33. The molecule has 2 amide bonds. The molecule has 2 aromatic carbocycles. The van der Waals surface area contributed by atoms with Crippen LogP contribution in [0.1, 0.15) is 0 Å². The number of para-hydroxylation sites is 1. The second-order valence-electron chi connectivity index (χ2n) is 5.22. The Labute approximate surface area is 138 Å². The standard InChI is InChI=1S/C18H15N3O3/c1-21(13-7-9-14(22)10-8-13)18(24)17(23)20-15-6-2-4-12-5-3-11-19-16(12)15/h2-11,22H,1H3,(H,20,23). The average molecular weight is 321 g/mol. The summed E-state index contributed by atoms with van der Waals surface area (Å²) >= 11 is 0. The van der Waals surface area contributed by atoms with Crippen molar-refractivity contribution in [3.63, 3.8) is 0 Å². The van der Waals surface area contributed by atoms with Gasteiger partial charge in [0.15, 0.2) is 0 Å². The molecule has 0 fully saturated rings. The van der Waals surface area contributed by atoms with Crippen molar-refractivity contribution >= 4 is 34.1 Å². The number of likely N-dealkylation sites (N-methyl/N-ethyl adjacent to an activating group) is 1. The highest BCUT2D eigenvalue weighted by atomic mass is 16.3. The molecule has 24 heavy (non-hydrogen) atoms. The normalized spacial score (nSPS) is 10.4. The number of anilines is 2. The zero-order chi connectivity index (χ0) is 17.1. The van der Waals surface area contributed by atoms with E-state index in [9.17, 15) is 14.7 Å². The lowest BCUT2D eigenvalue weighted by Gasteiger charge is -2.17. The number of carbonyl (C=O) groups is 2. The van der Waals surface area contributed by atoms with E-state index in [4.69, 9.17) is 0 Å². The van der Waals surface area contributed by atoms with Crippen LogP contribution in [0.15, 0.2) is 60.8 Å². The summed E-state index contributed by atoms with van der Waals surface area (Å²) in [6.45, 7) is 0. The highest BCUT2D eigenvalue weighted by molar-refractivity contribution is 6.44. The lowest BCUT2D eigenvalue weighted by Crippen LogP contribution is -2.37. The second kappa shape index (κ2) is 6.37. The van der Waals surface area contributed by atoms with Crippen LogP contribution in [0.2, 0.25) is 0 Å². The summed E-state index contributed by atoms with van der Waals surface area (Å²) in [6, 6.07) is 15.1. The van der Waals surface area contributed by atoms with E-state index in [0.29, 0.717) is 16.9 Å². The Morgan fingerprint density at radius 2 is 1.75 bits per heavy atom. The SMILES string of the molecule is CN(C(=O)C(=O)Nc1cccc2cccnc12)c1ccc(O)cc1. The van der Waals surface area contributed by atoms with E-state index in [1.165, 1.54) is 24.1 Å². The average Bonchev–Trinajstić information content (AvgIpc) is 2.61. The molecule has 0 bridgehead atoms. The number of hydrogen-bond acceptors (Lipinski definition) is 4. The predicted octanol–water partition coefficient (Wildman–Crippen LogP) is 2.54. The van der Waals surface area contributed by atoms with Crippen LogP contribution in [0.4, 0.5) is 11.4 Å². The van der Waals surface area contributed by atoms with Crippen LogP contribution in [-0.4, -0.2) is 29.0 Å². The number of hydrogen-bond donors (Lipinski definition) is 2. The van der Waals surface area contributed by atoms with Crippen LogP contribution in [0.5, 0.6) is 5.75 Å².